The number of halogens is 2. The van der Waals surface area contributed by atoms with Gasteiger partial charge in [0.15, 0.2) is 0 Å². The van der Waals surface area contributed by atoms with Crippen LogP contribution in [0.3, 0.4) is 0 Å². The molecule has 0 radical (unpaired) electrons. The van der Waals surface area contributed by atoms with Crippen LogP contribution in [0.2, 0.25) is 0 Å². The number of rotatable bonds is 3. The van der Waals surface area contributed by atoms with Crippen LogP contribution in [-0.2, 0) is 10.2 Å². The van der Waals surface area contributed by atoms with Crippen molar-refractivity contribution >= 4 is 5.97 Å². The monoisotopic (exact) mass is 254 g/mol. The molecule has 1 N–H and O–H groups in total. The lowest BCUT2D eigenvalue weighted by Crippen LogP contribution is -2.44. The molecule has 0 bridgehead atoms. The quantitative estimate of drug-likeness (QED) is 0.894. The second kappa shape index (κ2) is 4.34. The van der Waals surface area contributed by atoms with Gasteiger partial charge in [-0.1, -0.05) is 26.3 Å². The Bertz CT molecular complexity index is 491. The molecule has 1 aromatic carbocycles. The van der Waals surface area contributed by atoms with Gasteiger partial charge in [-0.2, -0.15) is 0 Å². The first-order valence-electron chi connectivity index (χ1n) is 6.12. The molecular weight excluding hydrogens is 238 g/mol. The Morgan fingerprint density at radius 1 is 1.33 bits per heavy atom. The lowest BCUT2D eigenvalue weighted by molar-refractivity contribution is -0.147. The van der Waals surface area contributed by atoms with E-state index in [-0.39, 0.29) is 11.5 Å². The molecule has 0 saturated heterocycles. The predicted octanol–water partition coefficient (Wildman–Crippen LogP) is 3.59. The number of hydrogen-bond donors (Lipinski definition) is 1. The molecule has 0 spiro atoms. The summed E-state index contributed by atoms with van der Waals surface area (Å²) in [5.74, 6) is -2.67. The lowest BCUT2D eigenvalue weighted by Gasteiger charge is -2.38. The highest BCUT2D eigenvalue weighted by atomic mass is 19.1. The Labute approximate surface area is 105 Å². The second-order valence-electron chi connectivity index (χ2n) is 5.22. The summed E-state index contributed by atoms with van der Waals surface area (Å²) in [6, 6.07) is 2.57. The van der Waals surface area contributed by atoms with Crippen LogP contribution in [0, 0.1) is 11.6 Å². The van der Waals surface area contributed by atoms with Crippen molar-refractivity contribution in [3.05, 3.63) is 34.9 Å². The molecule has 2 nitrogen and oxygen atoms in total. The lowest BCUT2D eigenvalue weighted by atomic mass is 9.63. The Balaban J connectivity index is 2.63. The van der Waals surface area contributed by atoms with Gasteiger partial charge in [-0.15, -0.1) is 0 Å². The van der Waals surface area contributed by atoms with Crippen molar-refractivity contribution in [1.29, 1.82) is 0 Å². The van der Waals surface area contributed by atoms with E-state index in [2.05, 4.69) is 0 Å². The Morgan fingerprint density at radius 2 is 1.94 bits per heavy atom. The van der Waals surface area contributed by atoms with Crippen LogP contribution in [0.4, 0.5) is 8.78 Å². The minimum Gasteiger partial charge on any atom is -0.481 e. The third-order valence-electron chi connectivity index (χ3n) is 3.84. The van der Waals surface area contributed by atoms with Gasteiger partial charge < -0.3 is 5.11 Å². The average molecular weight is 254 g/mol. The van der Waals surface area contributed by atoms with Crippen LogP contribution in [0.15, 0.2) is 12.1 Å². The van der Waals surface area contributed by atoms with Crippen LogP contribution in [0.25, 0.3) is 0 Å². The molecule has 0 amide bonds. The van der Waals surface area contributed by atoms with Gasteiger partial charge in [0, 0.05) is 5.56 Å². The highest BCUT2D eigenvalue weighted by Crippen LogP contribution is 2.46. The molecule has 0 aliphatic heterocycles. The van der Waals surface area contributed by atoms with Crippen LogP contribution in [0.5, 0.6) is 0 Å². The summed E-state index contributed by atoms with van der Waals surface area (Å²) < 4.78 is 28.2. The zero-order valence-electron chi connectivity index (χ0n) is 10.5. The largest absolute Gasteiger partial charge is 0.481 e. The van der Waals surface area contributed by atoms with Gasteiger partial charge in [-0.3, -0.25) is 4.79 Å². The molecule has 1 saturated carbocycles. The van der Waals surface area contributed by atoms with E-state index >= 15 is 0 Å². The van der Waals surface area contributed by atoms with Crippen molar-refractivity contribution in [2.45, 2.75) is 44.4 Å². The highest BCUT2D eigenvalue weighted by Gasteiger charge is 2.49. The summed E-state index contributed by atoms with van der Waals surface area (Å²) in [4.78, 5) is 11.4. The molecule has 0 aromatic heterocycles. The molecule has 1 aliphatic carbocycles. The third-order valence-corrected chi connectivity index (χ3v) is 3.84. The van der Waals surface area contributed by atoms with E-state index in [0.717, 1.165) is 0 Å². The molecule has 4 heteroatoms. The number of aliphatic carboxylic acids is 1. The topological polar surface area (TPSA) is 37.3 Å². The van der Waals surface area contributed by atoms with Crippen molar-refractivity contribution in [3.63, 3.8) is 0 Å². The summed E-state index contributed by atoms with van der Waals surface area (Å²) in [5, 5.41) is 9.28. The molecule has 98 valence electrons. The maximum Gasteiger partial charge on any atom is 0.314 e. The molecular formula is C14H16F2O2. The summed E-state index contributed by atoms with van der Waals surface area (Å²) in [5.41, 5.74) is -1.25. The zero-order valence-corrected chi connectivity index (χ0v) is 10.5. The maximum atomic E-state index is 14.4. The molecule has 0 atom stereocenters. The average Bonchev–Trinajstić information content (AvgIpc) is 2.19. The van der Waals surface area contributed by atoms with Crippen molar-refractivity contribution in [1.82, 2.24) is 0 Å². The van der Waals surface area contributed by atoms with Gasteiger partial charge in [0.25, 0.3) is 0 Å². The van der Waals surface area contributed by atoms with Crippen LogP contribution < -0.4 is 0 Å². The van der Waals surface area contributed by atoms with Gasteiger partial charge in [0.2, 0.25) is 0 Å². The maximum absolute atomic E-state index is 14.4. The van der Waals surface area contributed by atoms with Gasteiger partial charge in [-0.25, -0.2) is 8.78 Å². The third kappa shape index (κ3) is 1.71. The van der Waals surface area contributed by atoms with Crippen LogP contribution >= 0.6 is 0 Å². The number of carbonyl (C=O) groups is 1. The van der Waals surface area contributed by atoms with E-state index in [0.29, 0.717) is 24.8 Å². The zero-order chi connectivity index (χ0) is 13.5. The first-order valence-corrected chi connectivity index (χ1v) is 6.12. The summed E-state index contributed by atoms with van der Waals surface area (Å²) in [7, 11) is 0. The highest BCUT2D eigenvalue weighted by molar-refractivity contribution is 5.83. The Kier molecular flexibility index (Phi) is 3.13. The summed E-state index contributed by atoms with van der Waals surface area (Å²) in [6.07, 6.45) is 1.30. The first-order chi connectivity index (χ1) is 8.40. The van der Waals surface area contributed by atoms with E-state index in [4.69, 9.17) is 0 Å². The van der Waals surface area contributed by atoms with Crippen molar-refractivity contribution < 1.29 is 18.7 Å². The van der Waals surface area contributed by atoms with E-state index in [1.165, 1.54) is 12.1 Å². The molecule has 1 aliphatic rings. The minimum absolute atomic E-state index is 0.102. The fraction of sp³-hybridized carbons (Fsp3) is 0.500. The van der Waals surface area contributed by atoms with Gasteiger partial charge in [0.1, 0.15) is 11.6 Å². The van der Waals surface area contributed by atoms with Crippen molar-refractivity contribution in [2.24, 2.45) is 0 Å². The van der Waals surface area contributed by atoms with E-state index in [1.54, 1.807) is 13.8 Å². The second-order valence-corrected chi connectivity index (χ2v) is 5.22. The van der Waals surface area contributed by atoms with Gasteiger partial charge in [0.05, 0.1) is 5.41 Å². The smallest absolute Gasteiger partial charge is 0.314 e. The molecule has 0 heterocycles. The molecule has 2 rings (SSSR count). The standard InChI is InChI=1S/C14H16F2O2/c1-8(2)9-4-5-10(15)11(12(9)16)14(13(17)18)6-3-7-14/h4-5,8H,3,6-7H2,1-2H3,(H,17,18). The molecule has 1 aromatic rings. The van der Waals surface area contributed by atoms with Crippen molar-refractivity contribution in [2.75, 3.05) is 0 Å². The van der Waals surface area contributed by atoms with Crippen LogP contribution in [0.1, 0.15) is 50.2 Å². The summed E-state index contributed by atoms with van der Waals surface area (Å²) in [6.45, 7) is 3.60. The SMILES string of the molecule is CC(C)c1ccc(F)c(C2(C(=O)O)CCC2)c1F. The van der Waals surface area contributed by atoms with E-state index in [9.17, 15) is 18.7 Å². The fourth-order valence-corrected chi connectivity index (χ4v) is 2.55. The predicted molar refractivity (Wildman–Crippen MR) is 63.6 cm³/mol. The van der Waals surface area contributed by atoms with Gasteiger partial charge >= 0.3 is 5.97 Å². The minimum atomic E-state index is -1.36. The Hall–Kier alpha value is -1.45. The molecule has 18 heavy (non-hydrogen) atoms. The first kappa shape index (κ1) is 13.0. The van der Waals surface area contributed by atoms with E-state index < -0.39 is 23.0 Å². The fourth-order valence-electron chi connectivity index (χ4n) is 2.55. The normalized spacial score (nSPS) is 17.6. The molecule has 1 fully saturated rings. The van der Waals surface area contributed by atoms with E-state index in [1.807, 2.05) is 0 Å². The number of benzene rings is 1. The van der Waals surface area contributed by atoms with Crippen LogP contribution in [-0.4, -0.2) is 11.1 Å². The molecule has 0 unspecified atom stereocenters. The van der Waals surface area contributed by atoms with Crippen molar-refractivity contribution in [3.8, 4) is 0 Å². The number of carboxylic acid groups (broad SMARTS) is 1. The Morgan fingerprint density at radius 3 is 2.33 bits per heavy atom. The number of hydrogen-bond acceptors (Lipinski definition) is 1. The number of carboxylic acids is 1. The van der Waals surface area contributed by atoms with Gasteiger partial charge in [-0.05, 0) is 30.4 Å². The summed E-state index contributed by atoms with van der Waals surface area (Å²) >= 11 is 0.